The van der Waals surface area contributed by atoms with Crippen LogP contribution < -0.4 is 4.74 Å². The van der Waals surface area contributed by atoms with E-state index in [1.165, 1.54) is 6.07 Å². The van der Waals surface area contributed by atoms with Crippen molar-refractivity contribution in [1.82, 2.24) is 0 Å². The molecular formula is C19H17F3O3S. The topological polar surface area (TPSA) is 43.4 Å². The third-order valence-corrected chi connectivity index (χ3v) is 4.65. The summed E-state index contributed by atoms with van der Waals surface area (Å²) in [5, 5.41) is -0.951. The zero-order valence-corrected chi connectivity index (χ0v) is 15.0. The molecule has 2 aromatic rings. The van der Waals surface area contributed by atoms with E-state index in [-0.39, 0.29) is 6.42 Å². The molecule has 1 atom stereocenters. The second-order valence-corrected chi connectivity index (χ2v) is 6.22. The van der Waals surface area contributed by atoms with Crippen LogP contribution in [0.2, 0.25) is 0 Å². The summed E-state index contributed by atoms with van der Waals surface area (Å²) in [7, 11) is 1.10. The van der Waals surface area contributed by atoms with Crippen molar-refractivity contribution >= 4 is 23.5 Å². The van der Waals surface area contributed by atoms with Crippen molar-refractivity contribution in [3.8, 4) is 5.75 Å². The summed E-state index contributed by atoms with van der Waals surface area (Å²) in [5.41, 5.74) is -3.14. The molecule has 0 fully saturated rings. The van der Waals surface area contributed by atoms with E-state index in [0.717, 1.165) is 26.2 Å². The Labute approximate surface area is 154 Å². The van der Waals surface area contributed by atoms with Crippen molar-refractivity contribution in [1.29, 1.82) is 0 Å². The maximum Gasteiger partial charge on any atom is 0.420 e. The number of hydrogen-bond acceptors (Lipinski definition) is 3. The van der Waals surface area contributed by atoms with Crippen LogP contribution in [-0.2, 0) is 27.6 Å². The fourth-order valence-electron chi connectivity index (χ4n) is 3.00. The molecule has 2 aromatic carbocycles. The molecule has 0 amide bonds. The van der Waals surface area contributed by atoms with Gasteiger partial charge in [-0.1, -0.05) is 42.5 Å². The minimum absolute atomic E-state index is 0.234. The average molecular weight is 382 g/mol. The van der Waals surface area contributed by atoms with Crippen LogP contribution in [0.15, 0.2) is 48.5 Å². The third kappa shape index (κ3) is 3.62. The minimum Gasteiger partial charge on any atom is -0.496 e. The van der Waals surface area contributed by atoms with E-state index in [4.69, 9.17) is 4.74 Å². The molecular weight excluding hydrogens is 365 g/mol. The quantitative estimate of drug-likeness (QED) is 0.600. The molecule has 0 heterocycles. The lowest BCUT2D eigenvalue weighted by atomic mass is 9.71. The maximum atomic E-state index is 13.8. The highest BCUT2D eigenvalue weighted by Gasteiger charge is 2.50. The summed E-state index contributed by atoms with van der Waals surface area (Å²) in [6.45, 7) is 1.09. The first-order valence-electron chi connectivity index (χ1n) is 7.67. The number of methoxy groups -OCH3 is 1. The van der Waals surface area contributed by atoms with Gasteiger partial charge in [0.2, 0.25) is 5.12 Å². The Morgan fingerprint density at radius 1 is 1.04 bits per heavy atom. The highest BCUT2D eigenvalue weighted by molar-refractivity contribution is 7.97. The smallest absolute Gasteiger partial charge is 0.420 e. The first-order valence-corrected chi connectivity index (χ1v) is 8.12. The van der Waals surface area contributed by atoms with Crippen LogP contribution >= 0.6 is 12.6 Å². The largest absolute Gasteiger partial charge is 0.496 e. The average Bonchev–Trinajstić information content (AvgIpc) is 2.58. The van der Waals surface area contributed by atoms with Crippen molar-refractivity contribution < 1.29 is 27.5 Å². The molecule has 0 unspecified atom stereocenters. The van der Waals surface area contributed by atoms with Gasteiger partial charge in [0, 0.05) is 0 Å². The van der Waals surface area contributed by atoms with E-state index < -0.39 is 39.4 Å². The zero-order valence-electron chi connectivity index (χ0n) is 14.1. The fraction of sp³-hybridized carbons (Fsp3) is 0.263. The summed E-state index contributed by atoms with van der Waals surface area (Å²) in [4.78, 5) is 24.9. The Morgan fingerprint density at radius 2 is 1.65 bits per heavy atom. The van der Waals surface area contributed by atoms with Crippen molar-refractivity contribution in [2.45, 2.75) is 24.9 Å². The molecule has 138 valence electrons. The molecule has 0 aromatic heterocycles. The van der Waals surface area contributed by atoms with Gasteiger partial charge in [-0.05, 0) is 30.5 Å². The fourth-order valence-corrected chi connectivity index (χ4v) is 3.36. The number of rotatable bonds is 6. The van der Waals surface area contributed by atoms with E-state index >= 15 is 0 Å². The molecule has 0 bridgehead atoms. The lowest BCUT2D eigenvalue weighted by molar-refractivity contribution is -0.141. The highest BCUT2D eigenvalue weighted by atomic mass is 32.1. The number of alkyl halides is 3. The lowest BCUT2D eigenvalue weighted by Crippen LogP contribution is -2.44. The lowest BCUT2D eigenvalue weighted by Gasteiger charge is -2.32. The second-order valence-electron chi connectivity index (χ2n) is 5.81. The number of Topliss-reactive ketones (excluding diaryl/α,β-unsaturated/α-hetero) is 1. The molecule has 3 nitrogen and oxygen atoms in total. The molecule has 0 aliphatic rings. The van der Waals surface area contributed by atoms with Crippen molar-refractivity contribution in [3.05, 3.63) is 65.2 Å². The van der Waals surface area contributed by atoms with Gasteiger partial charge in [-0.15, -0.1) is 12.6 Å². The summed E-state index contributed by atoms with van der Waals surface area (Å²) < 4.78 is 46.1. The van der Waals surface area contributed by atoms with Crippen molar-refractivity contribution in [2.24, 2.45) is 0 Å². The molecule has 7 heteroatoms. The number of halogens is 3. The number of ether oxygens (including phenoxy) is 1. The molecule has 0 aliphatic carbocycles. The van der Waals surface area contributed by atoms with Gasteiger partial charge in [0.15, 0.2) is 0 Å². The minimum atomic E-state index is -4.82. The van der Waals surface area contributed by atoms with Crippen LogP contribution in [0.4, 0.5) is 13.2 Å². The molecule has 0 N–H and O–H groups in total. The van der Waals surface area contributed by atoms with Crippen LogP contribution in [0, 0.1) is 0 Å². The van der Waals surface area contributed by atoms with E-state index in [9.17, 15) is 22.8 Å². The molecule has 0 radical (unpaired) electrons. The maximum absolute atomic E-state index is 13.8. The Morgan fingerprint density at radius 3 is 2.12 bits per heavy atom. The number of hydrogen-bond donors (Lipinski definition) is 1. The predicted octanol–water partition coefficient (Wildman–Crippen LogP) is 4.24. The summed E-state index contributed by atoms with van der Waals surface area (Å²) >= 11 is 3.80. The van der Waals surface area contributed by atoms with E-state index in [1.807, 2.05) is 0 Å². The van der Waals surface area contributed by atoms with Gasteiger partial charge in [0.05, 0.1) is 7.11 Å². The summed E-state index contributed by atoms with van der Waals surface area (Å²) in [6, 6.07) is 12.0. The Balaban J connectivity index is 2.83. The van der Waals surface area contributed by atoms with Crippen LogP contribution in [0.5, 0.6) is 5.75 Å². The van der Waals surface area contributed by atoms with E-state index in [0.29, 0.717) is 5.56 Å². The first kappa shape index (κ1) is 20.0. The molecule has 0 spiro atoms. The van der Waals surface area contributed by atoms with Gasteiger partial charge in [-0.2, -0.15) is 13.2 Å². The molecule has 26 heavy (non-hydrogen) atoms. The number of benzene rings is 2. The SMILES string of the molecule is COc1cccc([C@@](Cc2ccccc2)(C(C)=O)C(=O)S)c1C(F)(F)F. The third-order valence-electron chi connectivity index (χ3n) is 4.27. The summed E-state index contributed by atoms with van der Waals surface area (Å²) in [5.74, 6) is -1.18. The van der Waals surface area contributed by atoms with Crippen LogP contribution in [0.1, 0.15) is 23.6 Å². The van der Waals surface area contributed by atoms with Crippen LogP contribution in [-0.4, -0.2) is 18.0 Å². The monoisotopic (exact) mass is 382 g/mol. The number of ketones is 1. The first-order chi connectivity index (χ1) is 12.1. The second kappa shape index (κ2) is 7.53. The molecule has 0 saturated heterocycles. The Hall–Kier alpha value is -2.28. The van der Waals surface area contributed by atoms with Gasteiger partial charge in [0.25, 0.3) is 0 Å². The Kier molecular flexibility index (Phi) is 5.81. The number of carbonyl (C=O) groups is 2. The highest BCUT2D eigenvalue weighted by Crippen LogP contribution is 2.45. The van der Waals surface area contributed by atoms with Gasteiger partial charge in [-0.3, -0.25) is 9.59 Å². The van der Waals surface area contributed by atoms with Gasteiger partial charge in [0.1, 0.15) is 22.5 Å². The molecule has 0 aliphatic heterocycles. The predicted molar refractivity (Wildman–Crippen MR) is 94.5 cm³/mol. The molecule has 2 rings (SSSR count). The van der Waals surface area contributed by atoms with Gasteiger partial charge < -0.3 is 4.74 Å². The van der Waals surface area contributed by atoms with E-state index in [2.05, 4.69) is 12.6 Å². The zero-order chi connectivity index (χ0) is 19.5. The number of thiol groups is 1. The standard InChI is InChI=1S/C19H17F3O3S/c1-12(23)18(17(24)26,11-13-7-4-3-5-8-13)14-9-6-10-15(25-2)16(14)19(20,21)22/h3-10H,11H2,1-2H3,(H,24,26)/t18-/m1/s1. The van der Waals surface area contributed by atoms with Gasteiger partial charge >= 0.3 is 6.18 Å². The summed E-state index contributed by atoms with van der Waals surface area (Å²) in [6.07, 6.45) is -5.05. The Bertz CT molecular complexity index is 803. The molecule has 0 saturated carbocycles. The van der Waals surface area contributed by atoms with Crippen molar-refractivity contribution in [3.63, 3.8) is 0 Å². The normalized spacial score (nSPS) is 13.8. The van der Waals surface area contributed by atoms with Crippen LogP contribution in [0.3, 0.4) is 0 Å². The van der Waals surface area contributed by atoms with Crippen molar-refractivity contribution in [2.75, 3.05) is 7.11 Å². The van der Waals surface area contributed by atoms with Crippen LogP contribution in [0.25, 0.3) is 0 Å². The van der Waals surface area contributed by atoms with E-state index in [1.54, 1.807) is 30.3 Å². The van der Waals surface area contributed by atoms with Gasteiger partial charge in [-0.25, -0.2) is 0 Å². The number of carbonyl (C=O) groups excluding carboxylic acids is 2.